The highest BCUT2D eigenvalue weighted by Crippen LogP contribution is 2.21. The summed E-state index contributed by atoms with van der Waals surface area (Å²) in [5.74, 6) is -2.01. The lowest BCUT2D eigenvalue weighted by Gasteiger charge is -2.01. The van der Waals surface area contributed by atoms with Gasteiger partial charge in [-0.05, 0) is 24.6 Å². The quantitative estimate of drug-likeness (QED) is 0.903. The molecule has 2 N–H and O–H groups in total. The van der Waals surface area contributed by atoms with Crippen molar-refractivity contribution in [2.45, 2.75) is 27.2 Å². The zero-order chi connectivity index (χ0) is 16.0. The highest BCUT2D eigenvalue weighted by Gasteiger charge is 2.16. The molecule has 2 aromatic rings. The van der Waals surface area contributed by atoms with Crippen LogP contribution in [-0.2, 0) is 6.42 Å². The number of hydrogen-bond acceptors (Lipinski definition) is 4. The molecule has 5 nitrogen and oxygen atoms in total. The lowest BCUT2D eigenvalue weighted by Crippen LogP contribution is -2.01. The number of nitrogens with zero attached hydrogens (tertiary/aromatic N) is 1. The van der Waals surface area contributed by atoms with Crippen LogP contribution in [0.5, 0.6) is 0 Å². The van der Waals surface area contributed by atoms with Gasteiger partial charge in [-0.25, -0.2) is 14.6 Å². The first-order valence-electron chi connectivity index (χ1n) is 6.49. The molecule has 2 rings (SSSR count). The lowest BCUT2D eigenvalue weighted by molar-refractivity contribution is 0.0687. The Hall–Kier alpha value is -2.21. The van der Waals surface area contributed by atoms with Crippen LogP contribution in [0.15, 0.2) is 24.3 Å². The van der Waals surface area contributed by atoms with Crippen LogP contribution in [0.1, 0.15) is 50.1 Å². The zero-order valence-electron chi connectivity index (χ0n) is 12.1. The molecule has 0 fully saturated rings. The predicted octanol–water partition coefficient (Wildman–Crippen LogP) is 3.46. The summed E-state index contributed by atoms with van der Waals surface area (Å²) >= 11 is 1.13. The van der Waals surface area contributed by atoms with Gasteiger partial charge in [-0.2, -0.15) is 0 Å². The van der Waals surface area contributed by atoms with E-state index in [4.69, 9.17) is 10.2 Å². The molecule has 6 heteroatoms. The van der Waals surface area contributed by atoms with Crippen LogP contribution in [0, 0.1) is 6.92 Å². The summed E-state index contributed by atoms with van der Waals surface area (Å²) in [4.78, 5) is 26.4. The molecule has 0 unspecified atom stereocenters. The molecule has 0 saturated carbocycles. The topological polar surface area (TPSA) is 87.5 Å². The van der Waals surface area contributed by atoms with Gasteiger partial charge in [0.05, 0.1) is 16.3 Å². The largest absolute Gasteiger partial charge is 0.478 e. The van der Waals surface area contributed by atoms with Crippen molar-refractivity contribution in [1.82, 2.24) is 4.98 Å². The number of aryl methyl sites for hydroxylation is 1. The van der Waals surface area contributed by atoms with Gasteiger partial charge in [0.25, 0.3) is 0 Å². The number of rotatable bonds is 4. The number of aromatic nitrogens is 1. The first-order chi connectivity index (χ1) is 9.97. The molecular formula is C15H17NO4S. The zero-order valence-corrected chi connectivity index (χ0v) is 12.9. The van der Waals surface area contributed by atoms with Crippen molar-refractivity contribution < 1.29 is 19.8 Å². The molecule has 0 aliphatic carbocycles. The van der Waals surface area contributed by atoms with E-state index in [1.165, 1.54) is 12.1 Å². The molecule has 0 amide bonds. The minimum Gasteiger partial charge on any atom is -0.478 e. The molecule has 0 atom stereocenters. The van der Waals surface area contributed by atoms with Gasteiger partial charge in [0.15, 0.2) is 0 Å². The predicted molar refractivity (Wildman–Crippen MR) is 81.4 cm³/mol. The number of hydrogen-bond donors (Lipinski definition) is 2. The third-order valence-corrected chi connectivity index (χ3v) is 3.55. The second kappa shape index (κ2) is 7.54. The Kier molecular flexibility index (Phi) is 6.05. The van der Waals surface area contributed by atoms with E-state index in [0.29, 0.717) is 17.1 Å². The Morgan fingerprint density at radius 3 is 2.43 bits per heavy atom. The van der Waals surface area contributed by atoms with E-state index < -0.39 is 11.9 Å². The Balaban J connectivity index is 0.00000106. The van der Waals surface area contributed by atoms with Crippen molar-refractivity contribution in [1.29, 1.82) is 0 Å². The fourth-order valence-electron chi connectivity index (χ4n) is 1.76. The van der Waals surface area contributed by atoms with Gasteiger partial charge < -0.3 is 10.2 Å². The Labute approximate surface area is 126 Å². The van der Waals surface area contributed by atoms with Crippen molar-refractivity contribution >= 4 is 23.3 Å². The first-order valence-corrected chi connectivity index (χ1v) is 7.31. The maximum absolute atomic E-state index is 11.1. The molecule has 1 aromatic carbocycles. The average molecular weight is 307 g/mol. The van der Waals surface area contributed by atoms with Gasteiger partial charge >= 0.3 is 11.9 Å². The molecule has 0 radical (unpaired) electrons. The van der Waals surface area contributed by atoms with Gasteiger partial charge in [-0.3, -0.25) is 0 Å². The number of aromatic carboxylic acids is 2. The van der Waals surface area contributed by atoms with E-state index in [-0.39, 0.29) is 10.4 Å². The molecule has 0 aliphatic heterocycles. The molecular weight excluding hydrogens is 290 g/mol. The number of carboxylic acids is 2. The van der Waals surface area contributed by atoms with Crippen molar-refractivity contribution in [2.24, 2.45) is 0 Å². The summed E-state index contributed by atoms with van der Waals surface area (Å²) in [6, 6.07) is 6.42. The normalized spacial score (nSPS) is 9.67. The molecule has 112 valence electrons. The third-order valence-electron chi connectivity index (χ3n) is 2.54. The van der Waals surface area contributed by atoms with Crippen LogP contribution in [0.4, 0.5) is 0 Å². The first kappa shape index (κ1) is 16.8. The van der Waals surface area contributed by atoms with Crippen LogP contribution < -0.4 is 0 Å². The van der Waals surface area contributed by atoms with E-state index in [2.05, 4.69) is 4.98 Å². The Morgan fingerprint density at radius 2 is 1.86 bits per heavy atom. The van der Waals surface area contributed by atoms with E-state index in [1.54, 1.807) is 19.1 Å². The minimum absolute atomic E-state index is 0.182. The summed E-state index contributed by atoms with van der Waals surface area (Å²) in [6.07, 6.45) is 0.313. The van der Waals surface area contributed by atoms with E-state index >= 15 is 0 Å². The van der Waals surface area contributed by atoms with Gasteiger partial charge in [0, 0.05) is 6.42 Å². The van der Waals surface area contributed by atoms with Gasteiger partial charge in [0.2, 0.25) is 0 Å². The smallest absolute Gasteiger partial charge is 0.347 e. The van der Waals surface area contributed by atoms with Crippen LogP contribution in [0.2, 0.25) is 0 Å². The maximum Gasteiger partial charge on any atom is 0.347 e. The Bertz CT molecular complexity index is 649. The maximum atomic E-state index is 11.1. The summed E-state index contributed by atoms with van der Waals surface area (Å²) in [6.45, 7) is 5.74. The van der Waals surface area contributed by atoms with Crippen LogP contribution in [-0.4, -0.2) is 27.1 Å². The molecule has 1 heterocycles. The second-order valence-electron chi connectivity index (χ2n) is 4.00. The summed E-state index contributed by atoms with van der Waals surface area (Å²) in [5.41, 5.74) is 1.38. The highest BCUT2D eigenvalue weighted by molar-refractivity contribution is 7.13. The molecule has 21 heavy (non-hydrogen) atoms. The standard InChI is InChI=1S/C13H11NO4S.C2H6/c1-7-14-10(11(19-7)13(17)18)6-8-3-2-4-9(5-8)12(15)16;1-2/h2-5H,6H2,1H3,(H,15,16)(H,17,18);1-2H3. The lowest BCUT2D eigenvalue weighted by atomic mass is 10.1. The van der Waals surface area contributed by atoms with E-state index in [1.807, 2.05) is 13.8 Å². The highest BCUT2D eigenvalue weighted by atomic mass is 32.1. The van der Waals surface area contributed by atoms with Crippen molar-refractivity contribution in [3.63, 3.8) is 0 Å². The average Bonchev–Trinajstić information content (AvgIpc) is 2.82. The van der Waals surface area contributed by atoms with Crippen molar-refractivity contribution in [2.75, 3.05) is 0 Å². The second-order valence-corrected chi connectivity index (χ2v) is 5.20. The Morgan fingerprint density at radius 1 is 1.19 bits per heavy atom. The SMILES string of the molecule is CC.Cc1nc(Cc2cccc(C(=O)O)c2)c(C(=O)O)s1. The van der Waals surface area contributed by atoms with Gasteiger partial charge in [0.1, 0.15) is 4.88 Å². The summed E-state index contributed by atoms with van der Waals surface area (Å²) < 4.78 is 0. The summed E-state index contributed by atoms with van der Waals surface area (Å²) in [5, 5.41) is 18.7. The molecule has 0 saturated heterocycles. The fraction of sp³-hybridized carbons (Fsp3) is 0.267. The van der Waals surface area contributed by atoms with E-state index in [9.17, 15) is 9.59 Å². The van der Waals surface area contributed by atoms with Crippen LogP contribution in [0.25, 0.3) is 0 Å². The summed E-state index contributed by atoms with van der Waals surface area (Å²) in [7, 11) is 0. The van der Waals surface area contributed by atoms with Gasteiger partial charge in [-0.1, -0.05) is 26.0 Å². The number of thiazole rings is 1. The van der Waals surface area contributed by atoms with Crippen LogP contribution >= 0.6 is 11.3 Å². The fourth-order valence-corrected chi connectivity index (χ4v) is 2.54. The van der Waals surface area contributed by atoms with Gasteiger partial charge in [-0.15, -0.1) is 11.3 Å². The van der Waals surface area contributed by atoms with Crippen molar-refractivity contribution in [3.05, 3.63) is 51.0 Å². The third kappa shape index (κ3) is 4.39. The molecule has 0 aliphatic rings. The molecule has 0 bridgehead atoms. The minimum atomic E-state index is -1.00. The molecule has 1 aromatic heterocycles. The number of carbonyl (C=O) groups is 2. The molecule has 0 spiro atoms. The van der Waals surface area contributed by atoms with Crippen molar-refractivity contribution in [3.8, 4) is 0 Å². The number of carboxylic acid groups (broad SMARTS) is 2. The van der Waals surface area contributed by atoms with E-state index in [0.717, 1.165) is 16.9 Å². The number of benzene rings is 1. The van der Waals surface area contributed by atoms with Crippen LogP contribution in [0.3, 0.4) is 0 Å². The monoisotopic (exact) mass is 307 g/mol.